The van der Waals surface area contributed by atoms with Crippen LogP contribution in [0.1, 0.15) is 31.6 Å². The van der Waals surface area contributed by atoms with Crippen molar-refractivity contribution in [2.75, 3.05) is 38.5 Å². The number of aromatic nitrogens is 3. The van der Waals surface area contributed by atoms with Gasteiger partial charge in [0.1, 0.15) is 11.9 Å². The van der Waals surface area contributed by atoms with Crippen molar-refractivity contribution in [1.82, 2.24) is 24.8 Å². The number of aryl methyl sites for hydroxylation is 1. The van der Waals surface area contributed by atoms with E-state index in [1.54, 1.807) is 6.92 Å². The first-order valence-corrected chi connectivity index (χ1v) is 8.91. The molecule has 1 aromatic rings. The molecule has 1 atom stereocenters. The van der Waals surface area contributed by atoms with Crippen LogP contribution in [0.5, 0.6) is 0 Å². The molecule has 2 heterocycles. The van der Waals surface area contributed by atoms with Crippen LogP contribution in [0.25, 0.3) is 0 Å². The first-order valence-electron chi connectivity index (χ1n) is 7.26. The molecule has 8 nitrogen and oxygen atoms in total. The van der Waals surface area contributed by atoms with Crippen LogP contribution < -0.4 is 4.72 Å². The van der Waals surface area contributed by atoms with E-state index in [0.29, 0.717) is 32.1 Å². The van der Waals surface area contributed by atoms with Gasteiger partial charge in [-0.2, -0.15) is 5.10 Å². The monoisotopic (exact) mass is 317 g/mol. The summed E-state index contributed by atoms with van der Waals surface area (Å²) in [5.41, 5.74) is 0. The average molecular weight is 317 g/mol. The van der Waals surface area contributed by atoms with Crippen molar-refractivity contribution in [3.05, 3.63) is 11.6 Å². The van der Waals surface area contributed by atoms with Crippen molar-refractivity contribution in [1.29, 1.82) is 0 Å². The zero-order chi connectivity index (χ0) is 15.3. The highest BCUT2D eigenvalue weighted by Gasteiger charge is 2.25. The Hall–Kier alpha value is -1.03. The van der Waals surface area contributed by atoms with Gasteiger partial charge in [-0.05, 0) is 6.92 Å². The molecule has 0 radical (unpaired) electrons. The van der Waals surface area contributed by atoms with E-state index in [1.807, 2.05) is 6.92 Å². The molecule has 21 heavy (non-hydrogen) atoms. The van der Waals surface area contributed by atoms with E-state index in [0.717, 1.165) is 18.8 Å². The third-order valence-corrected chi connectivity index (χ3v) is 4.86. The van der Waals surface area contributed by atoms with Crippen LogP contribution >= 0.6 is 0 Å². The van der Waals surface area contributed by atoms with E-state index in [9.17, 15) is 8.42 Å². The molecule has 0 saturated carbocycles. The number of hydrogen-bond donors (Lipinski definition) is 2. The minimum Gasteiger partial charge on any atom is -0.367 e. The maximum Gasteiger partial charge on any atom is 0.211 e. The fourth-order valence-electron chi connectivity index (χ4n) is 2.14. The topological polar surface area (TPSA) is 100 Å². The minimum atomic E-state index is -3.12. The lowest BCUT2D eigenvalue weighted by molar-refractivity contribution is -0.0333. The van der Waals surface area contributed by atoms with Crippen molar-refractivity contribution < 1.29 is 13.2 Å². The van der Waals surface area contributed by atoms with Crippen LogP contribution in [0.15, 0.2) is 0 Å². The Kier molecular flexibility index (Phi) is 5.68. The molecule has 0 amide bonds. The molecule has 0 aromatic carbocycles. The van der Waals surface area contributed by atoms with Gasteiger partial charge < -0.3 is 4.74 Å². The quantitative estimate of drug-likeness (QED) is 0.715. The molecule has 0 spiro atoms. The Balaban J connectivity index is 1.83. The normalized spacial score (nSPS) is 20.8. The first-order chi connectivity index (χ1) is 10.0. The summed E-state index contributed by atoms with van der Waals surface area (Å²) in [5.74, 6) is 1.63. The van der Waals surface area contributed by atoms with Crippen LogP contribution in [-0.4, -0.2) is 67.0 Å². The number of ether oxygens (including phenoxy) is 1. The van der Waals surface area contributed by atoms with Gasteiger partial charge in [0.05, 0.1) is 12.4 Å². The zero-order valence-electron chi connectivity index (χ0n) is 12.5. The molecule has 1 aliphatic rings. The van der Waals surface area contributed by atoms with E-state index < -0.39 is 10.0 Å². The number of nitrogens with zero attached hydrogens (tertiary/aromatic N) is 3. The van der Waals surface area contributed by atoms with Crippen LogP contribution in [0.3, 0.4) is 0 Å². The van der Waals surface area contributed by atoms with Crippen LogP contribution in [0.4, 0.5) is 0 Å². The van der Waals surface area contributed by atoms with E-state index in [-0.39, 0.29) is 11.9 Å². The summed E-state index contributed by atoms with van der Waals surface area (Å²) in [7, 11) is -3.12. The molecule has 120 valence electrons. The molecule has 2 N–H and O–H groups in total. The van der Waals surface area contributed by atoms with Crippen LogP contribution in [0, 0.1) is 0 Å². The second-order valence-electron chi connectivity index (χ2n) is 4.95. The largest absolute Gasteiger partial charge is 0.367 e. The van der Waals surface area contributed by atoms with Crippen molar-refractivity contribution in [2.24, 2.45) is 0 Å². The fraction of sp³-hybridized carbons (Fsp3) is 0.833. The molecule has 1 fully saturated rings. The molecular weight excluding hydrogens is 294 g/mol. The molecule has 0 aliphatic carbocycles. The number of hydrogen-bond acceptors (Lipinski definition) is 6. The minimum absolute atomic E-state index is 0.107. The number of nitrogens with one attached hydrogen (secondary N) is 2. The maximum absolute atomic E-state index is 11.4. The number of H-pyrrole nitrogens is 1. The van der Waals surface area contributed by atoms with E-state index in [1.165, 1.54) is 0 Å². The van der Waals surface area contributed by atoms with Crippen molar-refractivity contribution in [3.63, 3.8) is 0 Å². The highest BCUT2D eigenvalue weighted by atomic mass is 32.2. The summed E-state index contributed by atoms with van der Waals surface area (Å²) in [5, 5.41) is 7.07. The number of sulfonamides is 1. The second-order valence-corrected chi connectivity index (χ2v) is 7.05. The van der Waals surface area contributed by atoms with E-state index in [4.69, 9.17) is 4.74 Å². The Morgan fingerprint density at radius 2 is 2.29 bits per heavy atom. The molecule has 9 heteroatoms. The lowest BCUT2D eigenvalue weighted by atomic mass is 10.2. The average Bonchev–Trinajstić information content (AvgIpc) is 2.96. The molecule has 2 rings (SSSR count). The van der Waals surface area contributed by atoms with Crippen LogP contribution in [-0.2, 0) is 21.2 Å². The van der Waals surface area contributed by atoms with Crippen LogP contribution in [0.2, 0.25) is 0 Å². The Morgan fingerprint density at radius 1 is 1.48 bits per heavy atom. The van der Waals surface area contributed by atoms with Gasteiger partial charge in [-0.3, -0.25) is 10.00 Å². The summed E-state index contributed by atoms with van der Waals surface area (Å²) in [4.78, 5) is 6.55. The summed E-state index contributed by atoms with van der Waals surface area (Å²) >= 11 is 0. The Labute approximate surface area is 125 Å². The highest BCUT2D eigenvalue weighted by Crippen LogP contribution is 2.18. The second kappa shape index (κ2) is 7.30. The maximum atomic E-state index is 11.4. The van der Waals surface area contributed by atoms with Gasteiger partial charge in [-0.25, -0.2) is 18.1 Å². The zero-order valence-corrected chi connectivity index (χ0v) is 13.3. The third-order valence-electron chi connectivity index (χ3n) is 3.45. The molecule has 1 aromatic heterocycles. The number of aromatic amines is 1. The molecule has 1 saturated heterocycles. The van der Waals surface area contributed by atoms with Gasteiger partial charge >= 0.3 is 0 Å². The summed E-state index contributed by atoms with van der Waals surface area (Å²) in [6.45, 7) is 6.77. The van der Waals surface area contributed by atoms with Gasteiger partial charge in [0.2, 0.25) is 10.0 Å². The van der Waals surface area contributed by atoms with Gasteiger partial charge in [0, 0.05) is 32.6 Å². The lowest BCUT2D eigenvalue weighted by Crippen LogP contribution is -2.43. The predicted molar refractivity (Wildman–Crippen MR) is 78.4 cm³/mol. The first kappa shape index (κ1) is 16.3. The van der Waals surface area contributed by atoms with Gasteiger partial charge in [0.25, 0.3) is 0 Å². The molecule has 1 unspecified atom stereocenters. The standard InChI is InChI=1S/C12H23N5O3S/c1-3-11-14-12(16-15-11)10-9-17(7-8-20-10)6-5-13-21(18,19)4-2/h10,13H,3-9H2,1-2H3,(H,14,15,16). The third kappa shape index (κ3) is 4.73. The van der Waals surface area contributed by atoms with Crippen molar-refractivity contribution in [3.8, 4) is 0 Å². The molecule has 0 bridgehead atoms. The predicted octanol–water partition coefficient (Wildman–Crippen LogP) is -0.320. The van der Waals surface area contributed by atoms with Crippen molar-refractivity contribution in [2.45, 2.75) is 26.4 Å². The number of rotatable bonds is 7. The van der Waals surface area contributed by atoms with E-state index >= 15 is 0 Å². The fourth-order valence-corrected chi connectivity index (χ4v) is 2.74. The van der Waals surface area contributed by atoms with E-state index in [2.05, 4.69) is 24.8 Å². The highest BCUT2D eigenvalue weighted by molar-refractivity contribution is 7.89. The van der Waals surface area contributed by atoms with Gasteiger partial charge in [0.15, 0.2) is 5.82 Å². The summed E-state index contributed by atoms with van der Waals surface area (Å²) < 4.78 is 31.0. The summed E-state index contributed by atoms with van der Waals surface area (Å²) in [6, 6.07) is 0. The Bertz CT molecular complexity index is 545. The number of morpholine rings is 1. The summed E-state index contributed by atoms with van der Waals surface area (Å²) in [6.07, 6.45) is 0.653. The molecule has 1 aliphatic heterocycles. The SMILES string of the molecule is CCc1nc(C2CN(CCNS(=O)(=O)CC)CCO2)n[nH]1. The van der Waals surface area contributed by atoms with Gasteiger partial charge in [-0.1, -0.05) is 6.92 Å². The Morgan fingerprint density at radius 3 is 2.95 bits per heavy atom. The lowest BCUT2D eigenvalue weighted by Gasteiger charge is -2.31. The van der Waals surface area contributed by atoms with Crippen molar-refractivity contribution >= 4 is 10.0 Å². The smallest absolute Gasteiger partial charge is 0.211 e. The van der Waals surface area contributed by atoms with Gasteiger partial charge in [-0.15, -0.1) is 0 Å². The molecular formula is C12H23N5O3S.